The summed E-state index contributed by atoms with van der Waals surface area (Å²) in [5.74, 6) is 5.25. The molecule has 0 saturated heterocycles. The molecule has 2 aromatic rings. The van der Waals surface area contributed by atoms with Crippen LogP contribution in [0.15, 0.2) is 48.5 Å². The van der Waals surface area contributed by atoms with Gasteiger partial charge < -0.3 is 0 Å². The summed E-state index contributed by atoms with van der Waals surface area (Å²) in [6.07, 6.45) is 1.04. The molecule has 2 rings (SSSR count). The molecule has 0 amide bonds. The molecule has 3 heteroatoms. The third kappa shape index (κ3) is 4.21. The van der Waals surface area contributed by atoms with E-state index in [1.54, 1.807) is 19.1 Å². The Morgan fingerprint density at radius 2 is 1.57 bits per heavy atom. The molecular weight excluding hydrogens is 321 g/mol. The molecule has 0 spiro atoms. The van der Waals surface area contributed by atoms with Crippen LogP contribution >= 0.6 is 0 Å². The number of carbonyl (C=O) groups excluding carboxylic acids is 1. The molecule has 0 aliphatic rings. The summed E-state index contributed by atoms with van der Waals surface area (Å²) in [6.45, 7) is 1.60. The van der Waals surface area contributed by atoms with Gasteiger partial charge in [0, 0.05) is 0 Å². The fraction of sp³-hybridized carbons (Fsp3) is 0.278. The van der Waals surface area contributed by atoms with Crippen molar-refractivity contribution in [2.75, 3.05) is 0 Å². The average Bonchev–Trinajstić information content (AvgIpc) is 2.47. The van der Waals surface area contributed by atoms with E-state index in [2.05, 4.69) is 23.6 Å². The third-order valence-electron chi connectivity index (χ3n) is 4.05. The second-order valence-electron chi connectivity index (χ2n) is 6.18. The van der Waals surface area contributed by atoms with Crippen molar-refractivity contribution in [3.63, 3.8) is 0 Å². The monoisotopic (exact) mass is 344 g/mol. The molecule has 0 radical (unpaired) electrons. The molecule has 2 aromatic carbocycles. The maximum absolute atomic E-state index is 11.3. The van der Waals surface area contributed by atoms with Gasteiger partial charge in [0.15, 0.2) is 0 Å². The van der Waals surface area contributed by atoms with Crippen LogP contribution in [0.3, 0.4) is 0 Å². The molecule has 0 bridgehead atoms. The molecule has 0 unspecified atom stereocenters. The number of hydrogen-bond donors (Lipinski definition) is 1. The van der Waals surface area contributed by atoms with Gasteiger partial charge in [-0.05, 0) is 0 Å². The molecule has 0 fully saturated rings. The molecule has 0 saturated carbocycles. The fourth-order valence-electron chi connectivity index (χ4n) is 2.42. The van der Waals surface area contributed by atoms with Crippen LogP contribution in [0.5, 0.6) is 5.75 Å². The zero-order valence-corrected chi connectivity index (χ0v) is 15.0. The van der Waals surface area contributed by atoms with Gasteiger partial charge in [-0.1, -0.05) is 0 Å². The molecule has 0 aromatic heterocycles. The number of hydrogen-bond acceptors (Lipinski definition) is 2. The van der Waals surface area contributed by atoms with Gasteiger partial charge in [0.05, 0.1) is 0 Å². The average molecular weight is 343 g/mol. The zero-order chi connectivity index (χ0) is 15.5. The fourth-order valence-corrected chi connectivity index (χ4v) is 7.19. The second kappa shape index (κ2) is 6.48. The van der Waals surface area contributed by atoms with E-state index in [4.69, 9.17) is 0 Å². The van der Waals surface area contributed by atoms with Crippen LogP contribution in [-0.2, 0) is 6.42 Å². The summed E-state index contributed by atoms with van der Waals surface area (Å²) in [7, 11) is 0. The molecule has 0 aliphatic carbocycles. The Morgan fingerprint density at radius 1 is 1.00 bits per heavy atom. The molecule has 110 valence electrons. The van der Waals surface area contributed by atoms with Crippen molar-refractivity contribution in [1.82, 2.24) is 0 Å². The predicted octanol–water partition coefficient (Wildman–Crippen LogP) is 3.75. The molecule has 0 heterocycles. The zero-order valence-electron chi connectivity index (χ0n) is 12.9. The predicted molar refractivity (Wildman–Crippen MR) is 90.2 cm³/mol. The SMILES string of the molecule is CC(=O)c1cc[c]([Ge]([CH3])([CH3])[CH2]Cc2ccc(O)cc2)cc1. The van der Waals surface area contributed by atoms with Crippen molar-refractivity contribution in [1.29, 1.82) is 0 Å². The van der Waals surface area contributed by atoms with Crippen molar-refractivity contribution in [2.24, 2.45) is 0 Å². The first kappa shape index (κ1) is 15.8. The van der Waals surface area contributed by atoms with E-state index in [0.29, 0.717) is 5.75 Å². The van der Waals surface area contributed by atoms with E-state index in [9.17, 15) is 9.90 Å². The summed E-state index contributed by atoms with van der Waals surface area (Å²) in [4.78, 5) is 11.3. The van der Waals surface area contributed by atoms with Gasteiger partial charge in [0.25, 0.3) is 0 Å². The van der Waals surface area contributed by atoms with Crippen molar-refractivity contribution in [3.05, 3.63) is 59.7 Å². The summed E-state index contributed by atoms with van der Waals surface area (Å²) >= 11 is -2.05. The Morgan fingerprint density at radius 3 is 2.10 bits per heavy atom. The number of benzene rings is 2. The van der Waals surface area contributed by atoms with Crippen LogP contribution in [0.2, 0.25) is 16.8 Å². The van der Waals surface area contributed by atoms with Gasteiger partial charge >= 0.3 is 129 Å². The van der Waals surface area contributed by atoms with E-state index in [0.717, 1.165) is 12.0 Å². The first-order chi connectivity index (χ1) is 9.88. The Labute approximate surface area is 129 Å². The Hall–Kier alpha value is -1.55. The number of phenolic OH excluding ortho intramolecular Hbond substituents is 1. The Kier molecular flexibility index (Phi) is 4.89. The van der Waals surface area contributed by atoms with Gasteiger partial charge in [-0.2, -0.15) is 0 Å². The molecule has 21 heavy (non-hydrogen) atoms. The van der Waals surface area contributed by atoms with Crippen LogP contribution in [0.1, 0.15) is 22.8 Å². The molecular formula is C18H22GeO2. The van der Waals surface area contributed by atoms with E-state index in [1.165, 1.54) is 15.2 Å². The number of Topliss-reactive ketones (excluding diaryl/α,β-unsaturated/α-hetero) is 1. The van der Waals surface area contributed by atoms with E-state index < -0.39 is 13.3 Å². The number of aryl methyl sites for hydroxylation is 1. The van der Waals surface area contributed by atoms with Crippen molar-refractivity contribution >= 4 is 23.4 Å². The standard InChI is InChI=1S/C18H22GeO2/c1-14(20)16-6-8-17(9-7-16)19(2,3)13-12-15-4-10-18(21)11-5-15/h4-11,21H,12-13H2,1-3H3. The van der Waals surface area contributed by atoms with E-state index in [-0.39, 0.29) is 5.78 Å². The number of phenols is 1. The first-order valence-electron chi connectivity index (χ1n) is 7.28. The van der Waals surface area contributed by atoms with Gasteiger partial charge in [-0.3, -0.25) is 0 Å². The maximum atomic E-state index is 11.3. The van der Waals surface area contributed by atoms with Crippen LogP contribution in [0.4, 0.5) is 0 Å². The number of rotatable bonds is 5. The van der Waals surface area contributed by atoms with Gasteiger partial charge in [0.2, 0.25) is 0 Å². The van der Waals surface area contributed by atoms with Gasteiger partial charge in [-0.15, -0.1) is 0 Å². The van der Waals surface area contributed by atoms with Crippen LogP contribution in [0, 0.1) is 0 Å². The van der Waals surface area contributed by atoms with Crippen LogP contribution < -0.4 is 4.40 Å². The number of carbonyl (C=O) groups is 1. The van der Waals surface area contributed by atoms with Crippen LogP contribution in [0.25, 0.3) is 0 Å². The summed E-state index contributed by atoms with van der Waals surface area (Å²) in [5, 5.41) is 10.5. The summed E-state index contributed by atoms with van der Waals surface area (Å²) in [5.41, 5.74) is 2.06. The third-order valence-corrected chi connectivity index (χ3v) is 11.2. The first-order valence-corrected chi connectivity index (χ1v) is 14.0. The quantitative estimate of drug-likeness (QED) is 0.663. The minimum absolute atomic E-state index is 0.121. The normalized spacial score (nSPS) is 11.4. The minimum atomic E-state index is -2.05. The van der Waals surface area contributed by atoms with Gasteiger partial charge in [0.1, 0.15) is 0 Å². The Bertz CT molecular complexity index is 613. The molecule has 0 atom stereocenters. The Balaban J connectivity index is 2.06. The van der Waals surface area contributed by atoms with E-state index in [1.807, 2.05) is 24.3 Å². The van der Waals surface area contributed by atoms with Crippen molar-refractivity contribution in [2.45, 2.75) is 30.1 Å². The van der Waals surface area contributed by atoms with Gasteiger partial charge in [-0.25, -0.2) is 0 Å². The second-order valence-corrected chi connectivity index (χ2v) is 16.3. The summed E-state index contributed by atoms with van der Waals surface area (Å²) < 4.78 is 1.43. The molecule has 0 aliphatic heterocycles. The number of ketones is 1. The molecule has 1 N–H and O–H groups in total. The van der Waals surface area contributed by atoms with Crippen molar-refractivity contribution < 1.29 is 9.90 Å². The summed E-state index contributed by atoms with van der Waals surface area (Å²) in [6, 6.07) is 15.6. The van der Waals surface area contributed by atoms with E-state index >= 15 is 0 Å². The van der Waals surface area contributed by atoms with Crippen molar-refractivity contribution in [3.8, 4) is 5.75 Å². The molecule has 2 nitrogen and oxygen atoms in total. The topological polar surface area (TPSA) is 37.3 Å². The van der Waals surface area contributed by atoms with Crippen LogP contribution in [-0.4, -0.2) is 24.2 Å². The number of aromatic hydroxyl groups is 1.